The Morgan fingerprint density at radius 2 is 1.71 bits per heavy atom. The number of carbonyl (C=O) groups excluding carboxylic acids is 1. The SMILES string of the molecule is C[C@@H](c1ccc(F)cc1)N(C)C(=O)C1CCN(S(=O)(=O)c2ccc3c(c2)CCC3)CC1. The quantitative estimate of drug-likeness (QED) is 0.702. The lowest BCUT2D eigenvalue weighted by Gasteiger charge is -2.34. The van der Waals surface area contributed by atoms with Crippen LogP contribution in [-0.2, 0) is 27.7 Å². The molecule has 1 heterocycles. The summed E-state index contributed by atoms with van der Waals surface area (Å²) in [6.45, 7) is 2.60. The molecule has 2 aromatic rings. The fourth-order valence-electron chi connectivity index (χ4n) is 4.64. The zero-order valence-corrected chi connectivity index (χ0v) is 18.9. The molecule has 1 aliphatic heterocycles. The first-order valence-corrected chi connectivity index (χ1v) is 12.4. The summed E-state index contributed by atoms with van der Waals surface area (Å²) in [6.07, 6.45) is 4.05. The molecule has 0 radical (unpaired) electrons. The largest absolute Gasteiger partial charge is 0.339 e. The molecule has 31 heavy (non-hydrogen) atoms. The molecule has 7 heteroatoms. The second-order valence-electron chi connectivity index (χ2n) is 8.64. The molecule has 0 saturated carbocycles. The summed E-state index contributed by atoms with van der Waals surface area (Å²) in [4.78, 5) is 15.1. The number of nitrogens with zero attached hydrogens (tertiary/aromatic N) is 2. The van der Waals surface area contributed by atoms with Crippen molar-refractivity contribution in [2.45, 2.75) is 50.0 Å². The van der Waals surface area contributed by atoms with E-state index in [0.717, 1.165) is 30.4 Å². The number of aryl methyl sites for hydroxylation is 2. The first-order chi connectivity index (χ1) is 14.8. The summed E-state index contributed by atoms with van der Waals surface area (Å²) in [5.74, 6) is -0.507. The summed E-state index contributed by atoms with van der Waals surface area (Å²) < 4.78 is 40.9. The van der Waals surface area contributed by atoms with Crippen molar-refractivity contribution in [3.63, 3.8) is 0 Å². The van der Waals surface area contributed by atoms with Crippen molar-refractivity contribution in [3.8, 4) is 0 Å². The molecule has 1 aliphatic carbocycles. The summed E-state index contributed by atoms with van der Waals surface area (Å²) in [6, 6.07) is 11.5. The second kappa shape index (κ2) is 8.71. The summed E-state index contributed by atoms with van der Waals surface area (Å²) in [5.41, 5.74) is 3.26. The minimum absolute atomic E-state index is 0.00593. The van der Waals surface area contributed by atoms with Crippen LogP contribution < -0.4 is 0 Å². The molecule has 2 aliphatic rings. The normalized spacial score (nSPS) is 18.5. The maximum atomic E-state index is 13.2. The molecule has 5 nitrogen and oxygen atoms in total. The predicted octanol–water partition coefficient (Wildman–Crippen LogP) is 3.93. The minimum Gasteiger partial charge on any atom is -0.339 e. The topological polar surface area (TPSA) is 57.7 Å². The van der Waals surface area contributed by atoms with E-state index in [1.807, 2.05) is 19.1 Å². The van der Waals surface area contributed by atoms with Crippen LogP contribution in [0.15, 0.2) is 47.4 Å². The lowest BCUT2D eigenvalue weighted by molar-refractivity contribution is -0.137. The van der Waals surface area contributed by atoms with E-state index in [-0.39, 0.29) is 23.7 Å². The van der Waals surface area contributed by atoms with Crippen LogP contribution in [0, 0.1) is 11.7 Å². The fourth-order valence-corrected chi connectivity index (χ4v) is 6.17. The van der Waals surface area contributed by atoms with Crippen molar-refractivity contribution in [3.05, 3.63) is 65.0 Å². The Balaban J connectivity index is 1.39. The van der Waals surface area contributed by atoms with E-state index in [2.05, 4.69) is 0 Å². The number of rotatable bonds is 5. The highest BCUT2D eigenvalue weighted by atomic mass is 32.2. The maximum Gasteiger partial charge on any atom is 0.243 e. The van der Waals surface area contributed by atoms with E-state index in [1.165, 1.54) is 22.0 Å². The van der Waals surface area contributed by atoms with Crippen LogP contribution in [0.5, 0.6) is 0 Å². The molecule has 4 rings (SSSR count). The van der Waals surface area contributed by atoms with Crippen LogP contribution in [-0.4, -0.2) is 43.7 Å². The number of benzene rings is 2. The van der Waals surface area contributed by atoms with E-state index in [9.17, 15) is 17.6 Å². The molecular weight excluding hydrogens is 415 g/mol. The van der Waals surface area contributed by atoms with Gasteiger partial charge in [0, 0.05) is 26.1 Å². The molecule has 0 spiro atoms. The molecule has 0 bridgehead atoms. The number of hydrogen-bond acceptors (Lipinski definition) is 3. The van der Waals surface area contributed by atoms with Gasteiger partial charge in [-0.1, -0.05) is 18.2 Å². The Bertz CT molecular complexity index is 1060. The number of hydrogen-bond donors (Lipinski definition) is 0. The Kier molecular flexibility index (Phi) is 6.17. The van der Waals surface area contributed by atoms with E-state index in [0.29, 0.717) is 30.8 Å². The summed E-state index contributed by atoms with van der Waals surface area (Å²) in [5, 5.41) is 0. The average molecular weight is 445 g/mol. The zero-order valence-electron chi connectivity index (χ0n) is 18.1. The maximum absolute atomic E-state index is 13.2. The summed E-state index contributed by atoms with van der Waals surface area (Å²) >= 11 is 0. The van der Waals surface area contributed by atoms with Gasteiger partial charge in [0.2, 0.25) is 15.9 Å². The number of carbonyl (C=O) groups is 1. The molecule has 1 saturated heterocycles. The third-order valence-corrected chi connectivity index (χ3v) is 8.69. The smallest absolute Gasteiger partial charge is 0.243 e. The van der Waals surface area contributed by atoms with Crippen molar-refractivity contribution in [1.29, 1.82) is 0 Å². The summed E-state index contributed by atoms with van der Waals surface area (Å²) in [7, 11) is -1.79. The highest BCUT2D eigenvalue weighted by molar-refractivity contribution is 7.89. The van der Waals surface area contributed by atoms with Crippen LogP contribution in [0.3, 0.4) is 0 Å². The van der Waals surface area contributed by atoms with Crippen LogP contribution in [0.4, 0.5) is 4.39 Å². The van der Waals surface area contributed by atoms with E-state index >= 15 is 0 Å². The molecule has 166 valence electrons. The Morgan fingerprint density at radius 3 is 2.39 bits per heavy atom. The second-order valence-corrected chi connectivity index (χ2v) is 10.6. The van der Waals surface area contributed by atoms with Gasteiger partial charge < -0.3 is 4.90 Å². The highest BCUT2D eigenvalue weighted by Crippen LogP contribution is 2.30. The van der Waals surface area contributed by atoms with Crippen molar-refractivity contribution >= 4 is 15.9 Å². The third-order valence-electron chi connectivity index (χ3n) is 6.79. The van der Waals surface area contributed by atoms with Gasteiger partial charge in [0.1, 0.15) is 5.82 Å². The first kappa shape index (κ1) is 22.0. The van der Waals surface area contributed by atoms with Gasteiger partial charge in [-0.2, -0.15) is 4.31 Å². The van der Waals surface area contributed by atoms with Gasteiger partial charge in [-0.05, 0) is 80.0 Å². The highest BCUT2D eigenvalue weighted by Gasteiger charge is 2.34. The molecule has 1 fully saturated rings. The van der Waals surface area contributed by atoms with Gasteiger partial charge in [-0.25, -0.2) is 12.8 Å². The predicted molar refractivity (Wildman–Crippen MR) is 118 cm³/mol. The Labute approximate surface area is 183 Å². The van der Waals surface area contributed by atoms with Crippen molar-refractivity contribution in [2.24, 2.45) is 5.92 Å². The van der Waals surface area contributed by atoms with Gasteiger partial charge in [0.05, 0.1) is 10.9 Å². The lowest BCUT2D eigenvalue weighted by atomic mass is 9.95. The van der Waals surface area contributed by atoms with E-state index in [1.54, 1.807) is 30.1 Å². The van der Waals surface area contributed by atoms with Crippen LogP contribution >= 0.6 is 0 Å². The number of amides is 1. The van der Waals surface area contributed by atoms with Gasteiger partial charge in [0.15, 0.2) is 0 Å². The van der Waals surface area contributed by atoms with Gasteiger partial charge in [-0.3, -0.25) is 4.79 Å². The zero-order chi connectivity index (χ0) is 22.2. The average Bonchev–Trinajstić information content (AvgIpc) is 3.26. The van der Waals surface area contributed by atoms with Crippen LogP contribution in [0.2, 0.25) is 0 Å². The van der Waals surface area contributed by atoms with Gasteiger partial charge in [-0.15, -0.1) is 0 Å². The van der Waals surface area contributed by atoms with E-state index in [4.69, 9.17) is 0 Å². The Morgan fingerprint density at radius 1 is 1.06 bits per heavy atom. The standard InChI is InChI=1S/C24H29FN2O3S/c1-17(18-6-9-22(25)10-7-18)26(2)24(28)20-12-14-27(15-13-20)31(29,30)23-11-8-19-4-3-5-21(19)16-23/h6-11,16-17,20H,3-5,12-15H2,1-2H3/t17-/m0/s1. The molecule has 2 aromatic carbocycles. The molecule has 0 aromatic heterocycles. The molecular formula is C24H29FN2O3S. The number of piperidine rings is 1. The molecule has 0 N–H and O–H groups in total. The third kappa shape index (κ3) is 4.39. The number of fused-ring (bicyclic) bond motifs is 1. The van der Waals surface area contributed by atoms with Crippen molar-refractivity contribution in [2.75, 3.05) is 20.1 Å². The molecule has 1 amide bonds. The van der Waals surface area contributed by atoms with E-state index < -0.39 is 10.0 Å². The van der Waals surface area contributed by atoms with Crippen molar-refractivity contribution < 1.29 is 17.6 Å². The van der Waals surface area contributed by atoms with Crippen LogP contribution in [0.25, 0.3) is 0 Å². The Hall–Kier alpha value is -2.25. The van der Waals surface area contributed by atoms with Crippen LogP contribution in [0.1, 0.15) is 48.9 Å². The lowest BCUT2D eigenvalue weighted by Crippen LogP contribution is -2.44. The number of sulfonamides is 1. The molecule has 1 atom stereocenters. The molecule has 0 unspecified atom stereocenters. The first-order valence-electron chi connectivity index (χ1n) is 10.9. The minimum atomic E-state index is -3.54. The fraction of sp³-hybridized carbons (Fsp3) is 0.458. The van der Waals surface area contributed by atoms with Gasteiger partial charge in [0.25, 0.3) is 0 Å². The van der Waals surface area contributed by atoms with Gasteiger partial charge >= 0.3 is 0 Å². The van der Waals surface area contributed by atoms with Crippen molar-refractivity contribution in [1.82, 2.24) is 9.21 Å². The monoisotopic (exact) mass is 444 g/mol. The number of halogens is 1.